The molecule has 5 aromatic carbocycles. The zero-order valence-corrected chi connectivity index (χ0v) is 45.2. The van der Waals surface area contributed by atoms with Gasteiger partial charge in [-0.05, 0) is 161 Å². The lowest BCUT2D eigenvalue weighted by molar-refractivity contribution is -0.142. The summed E-state index contributed by atoms with van der Waals surface area (Å²) in [6.07, 6.45) is 7.97. The highest BCUT2D eigenvalue weighted by Gasteiger charge is 2.41. The van der Waals surface area contributed by atoms with Crippen LogP contribution >= 0.6 is 0 Å². The van der Waals surface area contributed by atoms with E-state index in [1.165, 1.54) is 11.1 Å². The number of aryl methyl sites for hydroxylation is 2. The quantitative estimate of drug-likeness (QED) is 0.0485. The molecular weight excluding hydrogens is 985 g/mol. The molecule has 0 aromatic heterocycles. The average Bonchev–Trinajstić information content (AvgIpc) is 4.24. The number of hydrogen-bond acceptors (Lipinski definition) is 10. The van der Waals surface area contributed by atoms with E-state index in [0.717, 1.165) is 60.8 Å². The number of rotatable bonds is 20. The number of amides is 6. The van der Waals surface area contributed by atoms with E-state index in [4.69, 9.17) is 9.47 Å². The smallest absolute Gasteiger partial charge is 0.250 e. The van der Waals surface area contributed by atoms with Gasteiger partial charge in [-0.1, -0.05) is 97.1 Å². The summed E-state index contributed by atoms with van der Waals surface area (Å²) < 4.78 is 12.6. The molecule has 9 rings (SSSR count). The summed E-state index contributed by atoms with van der Waals surface area (Å²) in [5.74, 6) is -0.642. The average molecular weight is 1060 g/mol. The summed E-state index contributed by atoms with van der Waals surface area (Å²) >= 11 is 0. The second kappa shape index (κ2) is 25.7. The number of nitrogens with one attached hydrogen (secondary N) is 6. The summed E-state index contributed by atoms with van der Waals surface area (Å²) in [7, 11) is 3.36. The maximum atomic E-state index is 14.5. The Morgan fingerprint density at radius 3 is 1.28 bits per heavy atom. The summed E-state index contributed by atoms with van der Waals surface area (Å²) in [4.78, 5) is 86.8. The number of likely N-dealkylation sites (N-methyl/N-ethyl adjacent to an activating group) is 2. The Balaban J connectivity index is 0.833. The normalized spacial score (nSPS) is 20.2. The van der Waals surface area contributed by atoms with Gasteiger partial charge in [-0.2, -0.15) is 0 Å². The highest BCUT2D eigenvalue weighted by Crippen LogP contribution is 2.34. The van der Waals surface area contributed by atoms with Crippen LogP contribution in [0.2, 0.25) is 0 Å². The number of likely N-dealkylation sites (tertiary alicyclic amines) is 2. The van der Waals surface area contributed by atoms with Crippen molar-refractivity contribution in [2.24, 2.45) is 0 Å². The number of nitrogens with zero attached hydrogens (tertiary/aromatic N) is 2. The third-order valence-electron chi connectivity index (χ3n) is 16.1. The Morgan fingerprint density at radius 2 is 0.885 bits per heavy atom. The van der Waals surface area contributed by atoms with Crippen molar-refractivity contribution in [3.63, 3.8) is 0 Å². The fourth-order valence-electron chi connectivity index (χ4n) is 11.3. The molecule has 2 saturated heterocycles. The van der Waals surface area contributed by atoms with Gasteiger partial charge in [-0.15, -0.1) is 0 Å². The first kappa shape index (κ1) is 55.2. The van der Waals surface area contributed by atoms with Crippen LogP contribution < -0.4 is 41.4 Å². The lowest BCUT2D eigenvalue weighted by Crippen LogP contribution is -2.52. The fraction of sp³-hybridized carbons (Fsp3) is 0.419. The van der Waals surface area contributed by atoms with Crippen LogP contribution in [0.4, 0.5) is 0 Å². The lowest BCUT2D eigenvalue weighted by atomic mass is 9.87. The van der Waals surface area contributed by atoms with E-state index in [9.17, 15) is 28.8 Å². The molecule has 4 aliphatic rings. The molecule has 78 heavy (non-hydrogen) atoms. The Kier molecular flexibility index (Phi) is 18.2. The molecule has 2 heterocycles. The number of carbonyl (C=O) groups is 6. The molecule has 16 nitrogen and oxygen atoms in total. The number of fused-ring (bicyclic) bond motifs is 2. The lowest BCUT2D eigenvalue weighted by Gasteiger charge is -2.32. The van der Waals surface area contributed by atoms with Gasteiger partial charge in [0.15, 0.2) is 0 Å². The van der Waals surface area contributed by atoms with Gasteiger partial charge in [0.25, 0.3) is 0 Å². The molecule has 5 aromatic rings. The van der Waals surface area contributed by atoms with Crippen molar-refractivity contribution >= 4 is 35.4 Å². The van der Waals surface area contributed by atoms with Gasteiger partial charge in [-0.3, -0.25) is 28.8 Å². The molecule has 0 radical (unpaired) electrons. The van der Waals surface area contributed by atoms with Gasteiger partial charge >= 0.3 is 0 Å². The van der Waals surface area contributed by atoms with Crippen molar-refractivity contribution in [3.05, 3.63) is 166 Å². The van der Waals surface area contributed by atoms with Crippen LogP contribution in [-0.2, 0) is 54.8 Å². The van der Waals surface area contributed by atoms with Crippen molar-refractivity contribution in [2.75, 3.05) is 27.2 Å². The van der Waals surface area contributed by atoms with E-state index in [1.807, 2.05) is 48.5 Å². The maximum absolute atomic E-state index is 14.5. The topological polar surface area (TPSA) is 200 Å². The molecule has 0 bridgehead atoms. The summed E-state index contributed by atoms with van der Waals surface area (Å²) in [5, 5.41) is 18.3. The van der Waals surface area contributed by atoms with E-state index in [1.54, 1.807) is 86.3 Å². The molecule has 6 N–H and O–H groups in total. The van der Waals surface area contributed by atoms with E-state index in [2.05, 4.69) is 56.2 Å². The zero-order valence-electron chi connectivity index (χ0n) is 45.2. The van der Waals surface area contributed by atoms with Crippen LogP contribution in [0.5, 0.6) is 11.5 Å². The van der Waals surface area contributed by atoms with Crippen molar-refractivity contribution in [3.8, 4) is 11.5 Å². The van der Waals surface area contributed by atoms with E-state index in [-0.39, 0.29) is 60.7 Å². The van der Waals surface area contributed by atoms with Crippen LogP contribution in [-0.4, -0.2) is 96.6 Å². The Morgan fingerprint density at radius 1 is 0.500 bits per heavy atom. The number of carbonyl (C=O) groups excluding carboxylic acids is 6. The minimum Gasteiger partial charge on any atom is -0.489 e. The van der Waals surface area contributed by atoms with Gasteiger partial charge in [0, 0.05) is 13.1 Å². The van der Waals surface area contributed by atoms with Gasteiger partial charge in [-0.25, -0.2) is 0 Å². The third-order valence-corrected chi connectivity index (χ3v) is 16.1. The van der Waals surface area contributed by atoms with Crippen molar-refractivity contribution < 1.29 is 38.2 Å². The van der Waals surface area contributed by atoms with Gasteiger partial charge in [0.1, 0.15) is 48.9 Å². The molecule has 2 fully saturated rings. The van der Waals surface area contributed by atoms with Crippen LogP contribution in [0.25, 0.3) is 0 Å². The minimum absolute atomic E-state index is 0.117. The van der Waals surface area contributed by atoms with E-state index >= 15 is 0 Å². The Labute approximate surface area is 457 Å². The van der Waals surface area contributed by atoms with Crippen LogP contribution in [0.3, 0.4) is 0 Å². The second-order valence-electron chi connectivity index (χ2n) is 21.1. The second-order valence-corrected chi connectivity index (χ2v) is 21.1. The number of benzene rings is 5. The Hall–Kier alpha value is -7.56. The Bertz CT molecular complexity index is 2740. The predicted octanol–water partition coefficient (Wildman–Crippen LogP) is 6.74. The van der Waals surface area contributed by atoms with Gasteiger partial charge < -0.3 is 51.2 Å². The highest BCUT2D eigenvalue weighted by atomic mass is 16.5. The molecule has 2 aliphatic carbocycles. The molecule has 0 saturated carbocycles. The van der Waals surface area contributed by atoms with Crippen molar-refractivity contribution in [1.29, 1.82) is 0 Å². The van der Waals surface area contributed by atoms with E-state index in [0.29, 0.717) is 61.4 Å². The molecule has 2 aliphatic heterocycles. The summed E-state index contributed by atoms with van der Waals surface area (Å²) in [6, 6.07) is 33.6. The minimum atomic E-state index is -1.04. The number of ether oxygens (including phenoxy) is 2. The van der Waals surface area contributed by atoms with Crippen LogP contribution in [0, 0.1) is 0 Å². The fourth-order valence-corrected chi connectivity index (χ4v) is 11.3. The first-order valence-electron chi connectivity index (χ1n) is 27.8. The molecule has 410 valence electrons. The highest BCUT2D eigenvalue weighted by molar-refractivity contribution is 5.95. The van der Waals surface area contributed by atoms with Crippen molar-refractivity contribution in [1.82, 2.24) is 41.7 Å². The van der Waals surface area contributed by atoms with Crippen LogP contribution in [0.15, 0.2) is 121 Å². The molecular formula is C62H74N8O8. The first-order chi connectivity index (χ1) is 37.9. The molecule has 8 atom stereocenters. The van der Waals surface area contributed by atoms with Gasteiger partial charge in [0.2, 0.25) is 35.4 Å². The monoisotopic (exact) mass is 1060 g/mol. The first-order valence-corrected chi connectivity index (χ1v) is 27.8. The number of hydrogen-bond donors (Lipinski definition) is 6. The molecule has 1 unspecified atom stereocenters. The largest absolute Gasteiger partial charge is 0.489 e. The maximum Gasteiger partial charge on any atom is 0.250 e. The zero-order chi connectivity index (χ0) is 54.7. The van der Waals surface area contributed by atoms with E-state index < -0.39 is 36.3 Å². The predicted molar refractivity (Wildman–Crippen MR) is 297 cm³/mol. The van der Waals surface area contributed by atoms with Gasteiger partial charge in [0.05, 0.1) is 24.2 Å². The molecule has 0 spiro atoms. The molecule has 6 amide bonds. The van der Waals surface area contributed by atoms with Crippen LogP contribution in [0.1, 0.15) is 134 Å². The summed E-state index contributed by atoms with van der Waals surface area (Å²) in [5.41, 5.74) is 7.63. The molecule has 16 heteroatoms. The standard InChI is InChI=1S/C62H74N8O8/c1-39(63-3)57(71)67-55(61(75)69-35-13-25-53(69)59(73)65-51-23-11-19-41-15-7-9-21-49(41)51)43-27-31-47(32-28-43)77-37-45-17-5-6-18-46(45)38-78-48-33-29-44(30-34-48)56(68-58(72)40(2)64-4)62(76)70-36-14-26-54(70)60(74)66-52-24-12-20-42-16-8-10-22-50(42)52/h5-10,15-18,21-22,27-34,39-40,51-56,63-64H,11-14,19-20,23-26,35-38H2,1-4H3,(H,65,73)(H,66,74)(H,67,71)(H,68,72)/t39-,40-,51+,52+,53-,54?,55-,56-/m0/s1. The SMILES string of the molecule is CN[C@@H](C)C(=O)N[C@H](C(=O)N1CCCC1C(=O)N[C@@H]1CCCc2ccccc21)c1ccc(OCc2ccccc2COc2ccc([C@H](NC(=O)[C@H](C)NC)C(=O)N3CCC[C@H]3C(=O)N[C@@H]3CCCc4ccccc43)cc2)cc1. The van der Waals surface area contributed by atoms with Crippen molar-refractivity contribution in [2.45, 2.75) is 140 Å². The third kappa shape index (κ3) is 12.9. The summed E-state index contributed by atoms with van der Waals surface area (Å²) in [6.45, 7) is 4.68.